The van der Waals surface area contributed by atoms with Crippen LogP contribution >= 0.6 is 15.9 Å². The van der Waals surface area contributed by atoms with Crippen molar-refractivity contribution in [1.82, 2.24) is 0 Å². The molecular weight excluding hydrogens is 282 g/mol. The first-order valence-electron chi connectivity index (χ1n) is 4.50. The SMILES string of the molecule is CCOC(=O)CBr.CCOC(=O)CN=[N+]=[N-]. The summed E-state index contributed by atoms with van der Waals surface area (Å²) in [4.78, 5) is 22.8. The zero-order valence-corrected chi connectivity index (χ0v) is 10.8. The Hall–Kier alpha value is -1.27. The number of azide groups is 1. The Kier molecular flexibility index (Phi) is 14.7. The van der Waals surface area contributed by atoms with E-state index in [4.69, 9.17) is 5.53 Å². The van der Waals surface area contributed by atoms with E-state index in [0.717, 1.165) is 0 Å². The molecule has 0 amide bonds. The van der Waals surface area contributed by atoms with Crippen molar-refractivity contribution in [2.45, 2.75) is 13.8 Å². The number of carbonyl (C=O) groups is 2. The largest absolute Gasteiger partial charge is 0.466 e. The summed E-state index contributed by atoms with van der Waals surface area (Å²) in [6, 6.07) is 0. The zero-order chi connectivity index (χ0) is 12.8. The van der Waals surface area contributed by atoms with Crippen LogP contribution in [0, 0.1) is 0 Å². The van der Waals surface area contributed by atoms with Crippen molar-refractivity contribution >= 4 is 27.9 Å². The molecule has 0 rings (SSSR count). The molecule has 0 atom stereocenters. The summed E-state index contributed by atoms with van der Waals surface area (Å²) in [7, 11) is 0. The number of halogens is 1. The Balaban J connectivity index is 0. The maximum atomic E-state index is 10.3. The van der Waals surface area contributed by atoms with Crippen LogP contribution in [0.1, 0.15) is 13.8 Å². The van der Waals surface area contributed by atoms with Crippen molar-refractivity contribution in [3.05, 3.63) is 10.4 Å². The van der Waals surface area contributed by atoms with Gasteiger partial charge >= 0.3 is 11.9 Å². The molecule has 0 heterocycles. The molecule has 0 spiro atoms. The van der Waals surface area contributed by atoms with Crippen LogP contribution in [-0.4, -0.2) is 37.0 Å². The first kappa shape index (κ1) is 17.1. The fraction of sp³-hybridized carbons (Fsp3) is 0.750. The van der Waals surface area contributed by atoms with E-state index < -0.39 is 5.97 Å². The van der Waals surface area contributed by atoms with Crippen molar-refractivity contribution in [1.29, 1.82) is 0 Å². The van der Waals surface area contributed by atoms with E-state index >= 15 is 0 Å². The minimum absolute atomic E-state index is 0.206. The number of rotatable bonds is 5. The molecule has 0 aliphatic rings. The van der Waals surface area contributed by atoms with Gasteiger partial charge in [-0.2, -0.15) is 0 Å². The van der Waals surface area contributed by atoms with Gasteiger partial charge in [0.05, 0.1) is 13.2 Å². The molecule has 0 unspecified atom stereocenters. The molecule has 92 valence electrons. The monoisotopic (exact) mass is 295 g/mol. The highest BCUT2D eigenvalue weighted by molar-refractivity contribution is 9.09. The van der Waals surface area contributed by atoms with E-state index in [-0.39, 0.29) is 12.5 Å². The second kappa shape index (κ2) is 13.7. The smallest absolute Gasteiger partial charge is 0.316 e. The number of esters is 2. The number of nitrogens with zero attached hydrogens (tertiary/aromatic N) is 3. The molecule has 0 bridgehead atoms. The van der Waals surface area contributed by atoms with Crippen molar-refractivity contribution in [3.8, 4) is 0 Å². The van der Waals surface area contributed by atoms with Crippen LogP contribution in [0.3, 0.4) is 0 Å². The van der Waals surface area contributed by atoms with Crippen molar-refractivity contribution in [2.24, 2.45) is 5.11 Å². The molecule has 8 heteroatoms. The summed E-state index contributed by atoms with van der Waals surface area (Å²) in [5.41, 5.74) is 7.73. The van der Waals surface area contributed by atoms with E-state index in [0.29, 0.717) is 18.5 Å². The summed E-state index contributed by atoms with van der Waals surface area (Å²) >= 11 is 2.94. The molecule has 0 aliphatic heterocycles. The summed E-state index contributed by atoms with van der Waals surface area (Å²) in [6.07, 6.45) is 0. The molecule has 0 aliphatic carbocycles. The van der Waals surface area contributed by atoms with Crippen LogP contribution in [0.2, 0.25) is 0 Å². The highest BCUT2D eigenvalue weighted by Gasteiger charge is 1.95. The van der Waals surface area contributed by atoms with Crippen molar-refractivity contribution < 1.29 is 19.1 Å². The molecule has 0 aromatic heterocycles. The lowest BCUT2D eigenvalue weighted by molar-refractivity contribution is -0.141. The lowest BCUT2D eigenvalue weighted by Gasteiger charge is -1.94. The molecule has 0 saturated heterocycles. The van der Waals surface area contributed by atoms with Gasteiger partial charge in [0.1, 0.15) is 11.9 Å². The van der Waals surface area contributed by atoms with Gasteiger partial charge in [0.15, 0.2) is 0 Å². The van der Waals surface area contributed by atoms with E-state index in [1.165, 1.54) is 0 Å². The van der Waals surface area contributed by atoms with E-state index in [1.807, 2.05) is 0 Å². The van der Waals surface area contributed by atoms with Gasteiger partial charge in [-0.3, -0.25) is 9.59 Å². The fourth-order valence-corrected chi connectivity index (χ4v) is 0.657. The van der Waals surface area contributed by atoms with Crippen molar-refractivity contribution in [3.63, 3.8) is 0 Å². The standard InChI is InChI=1S/C4H7BrO2.C4H7N3O2/c1-2-7-4(6)3-5;1-2-9-4(8)3-6-7-5/h2-3H2,1H3;2-3H2,1H3. The Bertz CT molecular complexity index is 254. The van der Waals surface area contributed by atoms with Gasteiger partial charge in [0, 0.05) is 4.91 Å². The number of hydrogen-bond acceptors (Lipinski definition) is 5. The van der Waals surface area contributed by atoms with Crippen LogP contribution in [0.25, 0.3) is 10.4 Å². The second-order valence-electron chi connectivity index (χ2n) is 2.13. The number of alkyl halides is 1. The van der Waals surface area contributed by atoms with E-state index in [9.17, 15) is 9.59 Å². The summed E-state index contributed by atoms with van der Waals surface area (Å²) in [5.74, 6) is -0.696. The Morgan fingerprint density at radius 1 is 1.25 bits per heavy atom. The highest BCUT2D eigenvalue weighted by Crippen LogP contribution is 1.82. The fourth-order valence-electron chi connectivity index (χ4n) is 0.496. The zero-order valence-electron chi connectivity index (χ0n) is 9.18. The first-order valence-corrected chi connectivity index (χ1v) is 5.62. The van der Waals surface area contributed by atoms with Crippen LogP contribution in [0.15, 0.2) is 5.11 Å². The molecule has 0 N–H and O–H groups in total. The summed E-state index contributed by atoms with van der Waals surface area (Å²) in [5, 5.41) is 3.29. The molecule has 7 nitrogen and oxygen atoms in total. The molecule has 0 fully saturated rings. The normalized spacial score (nSPS) is 7.94. The molecule has 0 aromatic carbocycles. The van der Waals surface area contributed by atoms with Crippen LogP contribution in [-0.2, 0) is 19.1 Å². The quantitative estimate of drug-likeness (QED) is 0.254. The molecule has 16 heavy (non-hydrogen) atoms. The minimum atomic E-state index is -0.490. The van der Waals surface area contributed by atoms with Crippen molar-refractivity contribution in [2.75, 3.05) is 25.1 Å². The van der Waals surface area contributed by atoms with E-state index in [1.54, 1.807) is 13.8 Å². The summed E-state index contributed by atoms with van der Waals surface area (Å²) in [6.45, 7) is 4.03. The predicted molar refractivity (Wildman–Crippen MR) is 61.1 cm³/mol. The number of hydrogen-bond donors (Lipinski definition) is 0. The molecule has 0 saturated carbocycles. The summed E-state index contributed by atoms with van der Waals surface area (Å²) < 4.78 is 8.95. The topological polar surface area (TPSA) is 101 Å². The first-order chi connectivity index (χ1) is 7.62. The third-order valence-corrected chi connectivity index (χ3v) is 1.44. The van der Waals surface area contributed by atoms with E-state index in [2.05, 4.69) is 35.4 Å². The molecule has 0 aromatic rings. The maximum Gasteiger partial charge on any atom is 0.316 e. The lowest BCUT2D eigenvalue weighted by Crippen LogP contribution is -2.06. The van der Waals surface area contributed by atoms with Gasteiger partial charge in [0.2, 0.25) is 0 Å². The van der Waals surface area contributed by atoms with Gasteiger partial charge in [0.25, 0.3) is 0 Å². The third-order valence-electron chi connectivity index (χ3n) is 0.983. The van der Waals surface area contributed by atoms with Crippen LogP contribution in [0.5, 0.6) is 0 Å². The lowest BCUT2D eigenvalue weighted by atomic mass is 10.7. The number of ether oxygens (including phenoxy) is 2. The van der Waals surface area contributed by atoms with Gasteiger partial charge in [-0.25, -0.2) is 0 Å². The molecule has 0 radical (unpaired) electrons. The third kappa shape index (κ3) is 15.2. The Morgan fingerprint density at radius 2 is 1.75 bits per heavy atom. The van der Waals surface area contributed by atoms with Crippen LogP contribution < -0.4 is 0 Å². The Morgan fingerprint density at radius 3 is 2.06 bits per heavy atom. The minimum Gasteiger partial charge on any atom is -0.466 e. The second-order valence-corrected chi connectivity index (χ2v) is 2.69. The van der Waals surface area contributed by atoms with Gasteiger partial charge < -0.3 is 9.47 Å². The predicted octanol–water partition coefficient (Wildman–Crippen LogP) is 1.80. The average Bonchev–Trinajstić information content (AvgIpc) is 2.28. The molecular formula is C8H14BrN3O4. The van der Waals surface area contributed by atoms with Gasteiger partial charge in [-0.05, 0) is 19.4 Å². The average molecular weight is 296 g/mol. The van der Waals surface area contributed by atoms with Gasteiger partial charge in [-0.1, -0.05) is 21.0 Å². The van der Waals surface area contributed by atoms with Gasteiger partial charge in [-0.15, -0.1) is 0 Å². The number of carbonyl (C=O) groups excluding carboxylic acids is 2. The van der Waals surface area contributed by atoms with Crippen LogP contribution in [0.4, 0.5) is 0 Å². The maximum absolute atomic E-state index is 10.3. The Labute approximate surface area is 102 Å². The highest BCUT2D eigenvalue weighted by atomic mass is 79.9.